The van der Waals surface area contributed by atoms with Crippen LogP contribution in [0.1, 0.15) is 19.4 Å². The molecule has 0 aliphatic carbocycles. The molecule has 1 aromatic rings. The third-order valence-electron chi connectivity index (χ3n) is 1.08. The van der Waals surface area contributed by atoms with Crippen LogP contribution in [0.25, 0.3) is 0 Å². The molecule has 0 bridgehead atoms. The van der Waals surface area contributed by atoms with Crippen LogP contribution in [0.4, 0.5) is 0 Å². The Morgan fingerprint density at radius 3 is 1.75 bits per heavy atom. The molecular weight excluding hydrogens is 223 g/mol. The van der Waals surface area contributed by atoms with Crippen LogP contribution in [-0.4, -0.2) is 0 Å². The minimum Gasteiger partial charge on any atom is -0.358 e. The first-order valence-corrected chi connectivity index (χ1v) is 3.67. The van der Waals surface area contributed by atoms with Gasteiger partial charge in [-0.2, -0.15) is 0 Å². The molecule has 0 atom stereocenters. The van der Waals surface area contributed by atoms with Gasteiger partial charge >= 0.3 is 0 Å². The molecule has 1 nitrogen and oxygen atoms in total. The van der Waals surface area contributed by atoms with E-state index in [0.717, 1.165) is 0 Å². The van der Waals surface area contributed by atoms with Crippen molar-refractivity contribution in [1.29, 1.82) is 0 Å². The zero-order valence-corrected chi connectivity index (χ0v) is 11.1. The Labute approximate surface area is 102 Å². The predicted octanol–water partition coefficient (Wildman–Crippen LogP) is 2.62. The fourth-order valence-electron chi connectivity index (χ4n) is 0.614. The van der Waals surface area contributed by atoms with Gasteiger partial charge in [-0.05, 0) is 5.56 Å². The molecule has 67 valence electrons. The van der Waals surface area contributed by atoms with E-state index in [1.165, 1.54) is 5.56 Å². The summed E-state index contributed by atoms with van der Waals surface area (Å²) in [6.07, 6.45) is 0. The molecule has 0 aliphatic heterocycles. The molecule has 0 amide bonds. The van der Waals surface area contributed by atoms with Gasteiger partial charge in [0.05, 0.1) is 0 Å². The summed E-state index contributed by atoms with van der Waals surface area (Å²) in [4.78, 5) is 0. The minimum absolute atomic E-state index is 0. The normalized spacial score (nSPS) is 6.58. The second-order valence-electron chi connectivity index (χ2n) is 1.69. The molecule has 1 rings (SSSR count). The number of rotatable bonds is 1. The van der Waals surface area contributed by atoms with Crippen molar-refractivity contribution >= 4 is 0 Å². The maximum Gasteiger partial charge on any atom is 0.0178 e. The van der Waals surface area contributed by atoms with Crippen LogP contribution in [0.2, 0.25) is 0 Å². The van der Waals surface area contributed by atoms with Crippen molar-refractivity contribution in [3.8, 4) is 0 Å². The summed E-state index contributed by atoms with van der Waals surface area (Å²) >= 11 is 0. The molecule has 1 aromatic carbocycles. The van der Waals surface area contributed by atoms with Crippen molar-refractivity contribution in [2.75, 3.05) is 0 Å². The van der Waals surface area contributed by atoms with Crippen LogP contribution in [0.15, 0.2) is 30.3 Å². The maximum atomic E-state index is 5.35. The fraction of sp³-hybridized carbons (Fsp3) is 0.300. The summed E-state index contributed by atoms with van der Waals surface area (Å²) in [7, 11) is 0. The number of nitrogens with two attached hydrogens (primary N) is 1. The van der Waals surface area contributed by atoms with Gasteiger partial charge in [-0.3, -0.25) is 0 Å². The van der Waals surface area contributed by atoms with Crippen LogP contribution in [0.3, 0.4) is 0 Å². The monoisotopic (exact) mass is 241 g/mol. The molecule has 0 saturated carbocycles. The molecule has 2 N–H and O–H groups in total. The molecular formula is C10H18NY-. The summed E-state index contributed by atoms with van der Waals surface area (Å²) < 4.78 is 0. The van der Waals surface area contributed by atoms with E-state index < -0.39 is 0 Å². The zero-order chi connectivity index (χ0) is 7.82. The number of benzene rings is 1. The SMILES string of the molecule is CC.NCc1ccccc1.[CH3-].[Y]. The van der Waals surface area contributed by atoms with Gasteiger partial charge in [0.15, 0.2) is 0 Å². The first-order chi connectivity index (χ1) is 4.93. The summed E-state index contributed by atoms with van der Waals surface area (Å²) in [5, 5.41) is 0. The van der Waals surface area contributed by atoms with E-state index in [9.17, 15) is 0 Å². The predicted molar refractivity (Wildman–Crippen MR) is 52.1 cm³/mol. The van der Waals surface area contributed by atoms with Crippen LogP contribution < -0.4 is 5.73 Å². The third kappa shape index (κ3) is 8.38. The Hall–Kier alpha value is 0.284. The quantitative estimate of drug-likeness (QED) is 0.751. The summed E-state index contributed by atoms with van der Waals surface area (Å²) in [6, 6.07) is 9.99. The standard InChI is InChI=1S/C7H9N.C2H6.CH3.Y/c8-6-7-4-2-1-3-5-7;1-2;;/h1-5H,6,8H2;1-2H3;1H3;/q;;-1;. The van der Waals surface area contributed by atoms with Crippen LogP contribution >= 0.6 is 0 Å². The molecule has 0 aliphatic rings. The fourth-order valence-corrected chi connectivity index (χ4v) is 0.614. The van der Waals surface area contributed by atoms with Gasteiger partial charge in [-0.1, -0.05) is 44.2 Å². The van der Waals surface area contributed by atoms with E-state index in [1.54, 1.807) is 0 Å². The third-order valence-corrected chi connectivity index (χ3v) is 1.08. The molecule has 2 heteroatoms. The van der Waals surface area contributed by atoms with E-state index in [-0.39, 0.29) is 40.1 Å². The van der Waals surface area contributed by atoms with Crippen LogP contribution in [0, 0.1) is 7.43 Å². The molecule has 0 unspecified atom stereocenters. The molecule has 0 spiro atoms. The van der Waals surface area contributed by atoms with Gasteiger partial charge in [-0.25, -0.2) is 0 Å². The first kappa shape index (κ1) is 18.1. The molecule has 0 heterocycles. The van der Waals surface area contributed by atoms with Crippen molar-refractivity contribution in [3.63, 3.8) is 0 Å². The van der Waals surface area contributed by atoms with Gasteiger partial charge in [-0.15, -0.1) is 0 Å². The van der Waals surface area contributed by atoms with E-state index in [4.69, 9.17) is 5.73 Å². The average Bonchev–Trinajstić information content (AvgIpc) is 2.10. The Bertz CT molecular complexity index is 151. The van der Waals surface area contributed by atoms with Gasteiger partial charge in [0, 0.05) is 39.3 Å². The van der Waals surface area contributed by atoms with E-state index in [2.05, 4.69) is 0 Å². The minimum atomic E-state index is 0. The Morgan fingerprint density at radius 2 is 1.50 bits per heavy atom. The van der Waals surface area contributed by atoms with Crippen molar-refractivity contribution < 1.29 is 32.7 Å². The van der Waals surface area contributed by atoms with Crippen molar-refractivity contribution in [2.45, 2.75) is 20.4 Å². The Balaban J connectivity index is -0.000000189. The summed E-state index contributed by atoms with van der Waals surface area (Å²) in [5.74, 6) is 0. The van der Waals surface area contributed by atoms with Gasteiger partial charge in [0.1, 0.15) is 0 Å². The van der Waals surface area contributed by atoms with Crippen molar-refractivity contribution in [1.82, 2.24) is 0 Å². The van der Waals surface area contributed by atoms with E-state index in [1.807, 2.05) is 44.2 Å². The van der Waals surface area contributed by atoms with E-state index >= 15 is 0 Å². The van der Waals surface area contributed by atoms with Crippen LogP contribution in [-0.2, 0) is 39.3 Å². The summed E-state index contributed by atoms with van der Waals surface area (Å²) in [6.45, 7) is 4.64. The molecule has 0 saturated heterocycles. The Kier molecular flexibility index (Phi) is 20.9. The molecule has 0 fully saturated rings. The first-order valence-electron chi connectivity index (χ1n) is 3.67. The average molecular weight is 241 g/mol. The zero-order valence-electron chi connectivity index (χ0n) is 8.25. The second-order valence-corrected chi connectivity index (χ2v) is 1.69. The molecule has 12 heavy (non-hydrogen) atoms. The summed E-state index contributed by atoms with van der Waals surface area (Å²) in [5.41, 5.74) is 6.54. The second kappa shape index (κ2) is 13.8. The Morgan fingerprint density at radius 1 is 1.08 bits per heavy atom. The van der Waals surface area contributed by atoms with Gasteiger partial charge < -0.3 is 13.2 Å². The number of hydrogen-bond acceptors (Lipinski definition) is 1. The van der Waals surface area contributed by atoms with Crippen molar-refractivity contribution in [2.24, 2.45) is 5.73 Å². The molecule has 1 radical (unpaired) electrons. The molecule has 0 aromatic heterocycles. The topological polar surface area (TPSA) is 26.0 Å². The smallest absolute Gasteiger partial charge is 0.0178 e. The van der Waals surface area contributed by atoms with Gasteiger partial charge in [0.25, 0.3) is 0 Å². The number of hydrogen-bond donors (Lipinski definition) is 1. The van der Waals surface area contributed by atoms with Gasteiger partial charge in [0.2, 0.25) is 0 Å². The van der Waals surface area contributed by atoms with Crippen LogP contribution in [0.5, 0.6) is 0 Å². The maximum absolute atomic E-state index is 5.35. The van der Waals surface area contributed by atoms with Crippen molar-refractivity contribution in [3.05, 3.63) is 43.3 Å². The largest absolute Gasteiger partial charge is 0.358 e. The van der Waals surface area contributed by atoms with E-state index in [0.29, 0.717) is 6.54 Å².